The zero-order chi connectivity index (χ0) is 22.6. The van der Waals surface area contributed by atoms with Crippen LogP contribution in [0.1, 0.15) is 40.5 Å². The maximum absolute atomic E-state index is 12.5. The smallest absolute Gasteiger partial charge is 0.270 e. The number of amides is 2. The maximum Gasteiger partial charge on any atom is 0.270 e. The van der Waals surface area contributed by atoms with Crippen LogP contribution in [0, 0.1) is 0 Å². The van der Waals surface area contributed by atoms with Gasteiger partial charge < -0.3 is 10.6 Å². The molecule has 0 saturated heterocycles. The van der Waals surface area contributed by atoms with E-state index in [9.17, 15) is 18.0 Å². The van der Waals surface area contributed by atoms with E-state index in [2.05, 4.69) is 20.7 Å². The van der Waals surface area contributed by atoms with Gasteiger partial charge in [-0.15, -0.1) is 0 Å². The van der Waals surface area contributed by atoms with Crippen molar-refractivity contribution in [2.24, 2.45) is 0 Å². The quantitative estimate of drug-likeness (QED) is 0.576. The molecule has 2 amide bonds. The highest BCUT2D eigenvalue weighted by atomic mass is 32.2. The summed E-state index contributed by atoms with van der Waals surface area (Å²) in [4.78, 5) is 29.0. The minimum absolute atomic E-state index is 0.0430. The van der Waals surface area contributed by atoms with E-state index in [1.54, 1.807) is 41.2 Å². The summed E-state index contributed by atoms with van der Waals surface area (Å²) in [5.74, 6) is -0.778. The lowest BCUT2D eigenvalue weighted by molar-refractivity contribution is 0.0936. The third-order valence-corrected chi connectivity index (χ3v) is 5.42. The first-order valence-electron chi connectivity index (χ1n) is 9.54. The van der Waals surface area contributed by atoms with Crippen LogP contribution in [0.25, 0.3) is 5.69 Å². The zero-order valence-electron chi connectivity index (χ0n) is 17.4. The van der Waals surface area contributed by atoms with Crippen molar-refractivity contribution in [3.63, 3.8) is 0 Å². The van der Waals surface area contributed by atoms with E-state index >= 15 is 0 Å². The fourth-order valence-corrected chi connectivity index (χ4v) is 3.45. The molecule has 3 rings (SSSR count). The van der Waals surface area contributed by atoms with Gasteiger partial charge in [0.05, 0.1) is 22.8 Å². The van der Waals surface area contributed by atoms with Gasteiger partial charge in [-0.2, -0.15) is 5.10 Å². The van der Waals surface area contributed by atoms with Crippen LogP contribution in [0.2, 0.25) is 0 Å². The van der Waals surface area contributed by atoms with Crippen molar-refractivity contribution < 1.29 is 18.0 Å². The highest BCUT2D eigenvalue weighted by Crippen LogP contribution is 2.15. The molecule has 0 unspecified atom stereocenters. The largest absolute Gasteiger partial charge is 0.349 e. The van der Waals surface area contributed by atoms with Crippen LogP contribution < -0.4 is 10.6 Å². The summed E-state index contributed by atoms with van der Waals surface area (Å²) in [6.45, 7) is 3.84. The number of carbonyl (C=O) groups is 2. The lowest BCUT2D eigenvalue weighted by atomic mass is 10.2. The molecule has 3 aromatic rings. The molecule has 31 heavy (non-hydrogen) atoms. The summed E-state index contributed by atoms with van der Waals surface area (Å²) < 4.78 is 24.9. The van der Waals surface area contributed by atoms with Crippen molar-refractivity contribution in [1.82, 2.24) is 25.4 Å². The predicted octanol–water partition coefficient (Wildman–Crippen LogP) is 1.74. The summed E-state index contributed by atoms with van der Waals surface area (Å²) in [6.07, 6.45) is 2.73. The number of nitrogens with zero attached hydrogens (tertiary/aromatic N) is 3. The van der Waals surface area contributed by atoms with Gasteiger partial charge in [-0.1, -0.05) is 6.07 Å². The van der Waals surface area contributed by atoms with E-state index < -0.39 is 15.7 Å². The van der Waals surface area contributed by atoms with Crippen LogP contribution in [0.15, 0.2) is 59.6 Å². The normalized spacial score (nSPS) is 11.4. The SMILES string of the molecule is CC(C)NC(=O)c1cccc(C(=O)NCc2ccnn2-c2ccc(S(C)(=O)=O)cc2)n1. The Bertz CT molecular complexity index is 1200. The molecule has 2 N–H and O–H groups in total. The number of hydrogen-bond donors (Lipinski definition) is 2. The number of aromatic nitrogens is 3. The molecule has 0 atom stereocenters. The molecule has 0 saturated carbocycles. The molecule has 0 bridgehead atoms. The first kappa shape index (κ1) is 22.2. The van der Waals surface area contributed by atoms with Crippen molar-refractivity contribution in [3.05, 3.63) is 71.8 Å². The molecule has 0 aliphatic rings. The van der Waals surface area contributed by atoms with Gasteiger partial charge in [-0.25, -0.2) is 18.1 Å². The van der Waals surface area contributed by atoms with Gasteiger partial charge in [-0.3, -0.25) is 9.59 Å². The average molecular weight is 442 g/mol. The first-order chi connectivity index (χ1) is 14.6. The van der Waals surface area contributed by atoms with Gasteiger partial charge in [0.1, 0.15) is 11.4 Å². The van der Waals surface area contributed by atoms with Gasteiger partial charge in [0.2, 0.25) is 0 Å². The monoisotopic (exact) mass is 441 g/mol. The molecular formula is C21H23N5O4S. The van der Waals surface area contributed by atoms with Crippen molar-refractivity contribution >= 4 is 21.7 Å². The van der Waals surface area contributed by atoms with E-state index in [4.69, 9.17) is 0 Å². The minimum Gasteiger partial charge on any atom is -0.349 e. The van der Waals surface area contributed by atoms with Gasteiger partial charge in [0.25, 0.3) is 11.8 Å². The second kappa shape index (κ2) is 9.09. The van der Waals surface area contributed by atoms with Crippen LogP contribution in [-0.4, -0.2) is 47.3 Å². The Labute approximate surface area is 180 Å². The molecule has 1 aromatic carbocycles. The molecule has 2 heterocycles. The van der Waals surface area contributed by atoms with E-state index in [0.29, 0.717) is 11.4 Å². The van der Waals surface area contributed by atoms with E-state index in [1.165, 1.54) is 18.2 Å². The summed E-state index contributed by atoms with van der Waals surface area (Å²) in [5.41, 5.74) is 1.64. The Kier molecular flexibility index (Phi) is 6.50. The fraction of sp³-hybridized carbons (Fsp3) is 0.238. The third-order valence-electron chi connectivity index (χ3n) is 4.29. The molecule has 0 fully saturated rings. The van der Waals surface area contributed by atoms with Crippen LogP contribution in [0.5, 0.6) is 0 Å². The van der Waals surface area contributed by atoms with Crippen LogP contribution >= 0.6 is 0 Å². The van der Waals surface area contributed by atoms with Crippen molar-refractivity contribution in [2.75, 3.05) is 6.26 Å². The highest BCUT2D eigenvalue weighted by Gasteiger charge is 2.14. The first-order valence-corrected chi connectivity index (χ1v) is 11.4. The lowest BCUT2D eigenvalue weighted by Crippen LogP contribution is -2.31. The second-order valence-electron chi connectivity index (χ2n) is 7.22. The molecule has 9 nitrogen and oxygen atoms in total. The Morgan fingerprint density at radius 3 is 2.26 bits per heavy atom. The third kappa shape index (κ3) is 5.54. The number of carbonyl (C=O) groups excluding carboxylic acids is 2. The molecule has 0 aliphatic heterocycles. The Hall–Kier alpha value is -3.53. The number of benzene rings is 1. The molecule has 0 radical (unpaired) electrons. The molecular weight excluding hydrogens is 418 g/mol. The number of hydrogen-bond acceptors (Lipinski definition) is 6. The van der Waals surface area contributed by atoms with Crippen molar-refractivity contribution in [2.45, 2.75) is 31.3 Å². The maximum atomic E-state index is 12.5. The number of pyridine rings is 1. The molecule has 10 heteroatoms. The average Bonchev–Trinajstić information content (AvgIpc) is 3.19. The van der Waals surface area contributed by atoms with Gasteiger partial charge >= 0.3 is 0 Å². The van der Waals surface area contributed by atoms with Gasteiger partial charge in [-0.05, 0) is 56.3 Å². The summed E-state index contributed by atoms with van der Waals surface area (Å²) in [7, 11) is -3.29. The number of rotatable bonds is 7. The predicted molar refractivity (Wildman–Crippen MR) is 115 cm³/mol. The lowest BCUT2D eigenvalue weighted by Gasteiger charge is -2.10. The van der Waals surface area contributed by atoms with Crippen LogP contribution in [0.3, 0.4) is 0 Å². The van der Waals surface area contributed by atoms with Gasteiger partial charge in [0.15, 0.2) is 9.84 Å². The summed E-state index contributed by atoms with van der Waals surface area (Å²) in [5, 5.41) is 9.74. The Balaban J connectivity index is 1.71. The standard InChI is InChI=1S/C21H23N5O4S/c1-14(2)24-21(28)19-6-4-5-18(25-19)20(27)22-13-16-11-12-23-26(16)15-7-9-17(10-8-15)31(3,29)30/h4-12,14H,13H2,1-3H3,(H,22,27)(H,24,28). The minimum atomic E-state index is -3.29. The summed E-state index contributed by atoms with van der Waals surface area (Å²) >= 11 is 0. The second-order valence-corrected chi connectivity index (χ2v) is 9.24. The van der Waals surface area contributed by atoms with E-state index in [0.717, 1.165) is 6.26 Å². The topological polar surface area (TPSA) is 123 Å². The van der Waals surface area contributed by atoms with Crippen molar-refractivity contribution in [3.8, 4) is 5.69 Å². The highest BCUT2D eigenvalue weighted by molar-refractivity contribution is 7.90. The van der Waals surface area contributed by atoms with Crippen molar-refractivity contribution in [1.29, 1.82) is 0 Å². The molecule has 0 spiro atoms. The zero-order valence-corrected chi connectivity index (χ0v) is 18.2. The van der Waals surface area contributed by atoms with E-state index in [1.807, 2.05) is 13.8 Å². The molecule has 2 aromatic heterocycles. The summed E-state index contributed by atoms with van der Waals surface area (Å²) in [6, 6.07) is 12.7. The van der Waals surface area contributed by atoms with Crippen LogP contribution in [-0.2, 0) is 16.4 Å². The number of nitrogens with one attached hydrogen (secondary N) is 2. The molecule has 162 valence electrons. The number of sulfone groups is 1. The van der Waals surface area contributed by atoms with Gasteiger partial charge in [0, 0.05) is 18.5 Å². The van der Waals surface area contributed by atoms with E-state index in [-0.39, 0.29) is 34.8 Å². The van der Waals surface area contributed by atoms with Crippen LogP contribution in [0.4, 0.5) is 0 Å². The Morgan fingerprint density at radius 1 is 1.00 bits per heavy atom. The molecule has 0 aliphatic carbocycles. The Morgan fingerprint density at radius 2 is 1.65 bits per heavy atom. The fourth-order valence-electron chi connectivity index (χ4n) is 2.82.